The lowest BCUT2D eigenvalue weighted by molar-refractivity contribution is 0.234. The van der Waals surface area contributed by atoms with Crippen molar-refractivity contribution in [2.45, 2.75) is 23.8 Å². The van der Waals surface area contributed by atoms with Crippen molar-refractivity contribution in [2.75, 3.05) is 0 Å². The van der Waals surface area contributed by atoms with Crippen LogP contribution in [0.5, 0.6) is 5.75 Å². The topological polar surface area (TPSA) is 78.5 Å². The van der Waals surface area contributed by atoms with Crippen LogP contribution in [0.1, 0.15) is 11.3 Å². The second kappa shape index (κ2) is 8.35. The van der Waals surface area contributed by atoms with Gasteiger partial charge in [0, 0.05) is 18.5 Å². The van der Waals surface area contributed by atoms with Gasteiger partial charge in [-0.2, -0.15) is 8.78 Å². The van der Waals surface area contributed by atoms with E-state index in [-0.39, 0.29) is 17.8 Å². The molecule has 0 saturated heterocycles. The third-order valence-electron chi connectivity index (χ3n) is 4.68. The maximum Gasteiger partial charge on any atom is 0.341 e. The minimum absolute atomic E-state index is 0.00862. The molecule has 0 radical (unpaired) electrons. The summed E-state index contributed by atoms with van der Waals surface area (Å²) in [5.74, 6) is -3.03. The highest BCUT2D eigenvalue weighted by atomic mass is 32.2. The summed E-state index contributed by atoms with van der Waals surface area (Å²) in [5.41, 5.74) is 0.144. The Bertz CT molecular complexity index is 1340. The first-order valence-electron chi connectivity index (χ1n) is 9.23. The largest absolute Gasteiger partial charge is 0.482 e. The summed E-state index contributed by atoms with van der Waals surface area (Å²) in [5, 5.41) is 2.16. The lowest BCUT2D eigenvalue weighted by Crippen LogP contribution is -2.11. The van der Waals surface area contributed by atoms with E-state index < -0.39 is 20.5 Å². The molecule has 0 aliphatic carbocycles. The van der Waals surface area contributed by atoms with Crippen LogP contribution in [0.4, 0.5) is 8.78 Å². The Morgan fingerprint density at radius 3 is 2.23 bits per heavy atom. The number of fused-ring (bicyclic) bond motifs is 1. The van der Waals surface area contributed by atoms with Crippen molar-refractivity contribution < 1.29 is 26.4 Å². The molecule has 2 heterocycles. The van der Waals surface area contributed by atoms with Crippen LogP contribution in [-0.2, 0) is 23.0 Å². The zero-order valence-corrected chi connectivity index (χ0v) is 16.9. The molecule has 0 N–H and O–H groups in total. The van der Waals surface area contributed by atoms with Gasteiger partial charge in [0.1, 0.15) is 18.6 Å². The zero-order valence-electron chi connectivity index (χ0n) is 16.1. The van der Waals surface area contributed by atoms with Gasteiger partial charge >= 0.3 is 5.76 Å². The molecular formula is C22H17F2NO5S. The van der Waals surface area contributed by atoms with Gasteiger partial charge in [0.15, 0.2) is 0 Å². The second-order valence-corrected chi connectivity index (χ2v) is 8.79. The van der Waals surface area contributed by atoms with Crippen LogP contribution in [0, 0.1) is 0 Å². The number of ether oxygens (including phenoxy) is 1. The summed E-state index contributed by atoms with van der Waals surface area (Å²) < 4.78 is 60.9. The van der Waals surface area contributed by atoms with Crippen molar-refractivity contribution in [1.29, 1.82) is 0 Å². The van der Waals surface area contributed by atoms with E-state index in [2.05, 4.69) is 0 Å². The van der Waals surface area contributed by atoms with Crippen molar-refractivity contribution in [3.63, 3.8) is 0 Å². The molecule has 0 bridgehead atoms. The first kappa shape index (κ1) is 20.8. The van der Waals surface area contributed by atoms with Gasteiger partial charge in [-0.3, -0.25) is 4.79 Å². The zero-order chi connectivity index (χ0) is 22.0. The average molecular weight is 445 g/mol. The first-order valence-corrected chi connectivity index (χ1v) is 10.8. The molecule has 4 rings (SSSR count). The fourth-order valence-electron chi connectivity index (χ4n) is 3.08. The third-order valence-corrected chi connectivity index (χ3v) is 6.08. The van der Waals surface area contributed by atoms with Gasteiger partial charge in [-0.25, -0.2) is 8.42 Å². The average Bonchev–Trinajstić information content (AvgIpc) is 3.15. The normalized spacial score (nSPS) is 11.8. The van der Waals surface area contributed by atoms with Gasteiger partial charge in [-0.15, -0.1) is 0 Å². The van der Waals surface area contributed by atoms with E-state index in [4.69, 9.17) is 9.15 Å². The number of hydrogen-bond acceptors (Lipinski definition) is 5. The Morgan fingerprint density at radius 1 is 1.00 bits per heavy atom. The lowest BCUT2D eigenvalue weighted by Gasteiger charge is -2.08. The van der Waals surface area contributed by atoms with Crippen molar-refractivity contribution in [3.05, 3.63) is 94.8 Å². The number of alkyl halides is 2. The molecule has 0 unspecified atom stereocenters. The number of aromatic nitrogens is 1. The number of sulfone groups is 1. The van der Waals surface area contributed by atoms with Crippen molar-refractivity contribution >= 4 is 20.6 Å². The molecule has 160 valence electrons. The Balaban J connectivity index is 1.42. The molecule has 31 heavy (non-hydrogen) atoms. The Kier molecular flexibility index (Phi) is 5.60. The van der Waals surface area contributed by atoms with Crippen LogP contribution in [-0.4, -0.2) is 18.7 Å². The van der Waals surface area contributed by atoms with E-state index in [1.807, 2.05) is 41.2 Å². The van der Waals surface area contributed by atoms with E-state index >= 15 is 0 Å². The lowest BCUT2D eigenvalue weighted by atomic mass is 10.2. The van der Waals surface area contributed by atoms with Crippen LogP contribution >= 0.6 is 0 Å². The highest BCUT2D eigenvalue weighted by molar-refractivity contribution is 7.91. The van der Waals surface area contributed by atoms with Gasteiger partial charge in [-0.1, -0.05) is 36.4 Å². The van der Waals surface area contributed by atoms with Crippen LogP contribution in [0.2, 0.25) is 0 Å². The van der Waals surface area contributed by atoms with E-state index in [0.29, 0.717) is 17.9 Å². The fraction of sp³-hybridized carbons (Fsp3) is 0.136. The smallest absolute Gasteiger partial charge is 0.341 e. The summed E-state index contributed by atoms with van der Waals surface area (Å²) in [6.45, 7) is 0.326. The molecule has 0 aliphatic heterocycles. The fourth-order valence-corrected chi connectivity index (χ4v) is 3.80. The predicted octanol–water partition coefficient (Wildman–Crippen LogP) is 4.22. The molecule has 0 spiro atoms. The summed E-state index contributed by atoms with van der Waals surface area (Å²) in [6, 6.07) is 14.1. The molecule has 2 aromatic carbocycles. The molecule has 0 amide bonds. The van der Waals surface area contributed by atoms with Gasteiger partial charge in [0.2, 0.25) is 21.0 Å². The Labute approximate surface area is 176 Å². The van der Waals surface area contributed by atoms with Crippen LogP contribution < -0.4 is 10.2 Å². The van der Waals surface area contributed by atoms with Crippen LogP contribution in [0.3, 0.4) is 0 Å². The Morgan fingerprint density at radius 2 is 1.65 bits per heavy atom. The maximum atomic E-state index is 12.6. The van der Waals surface area contributed by atoms with Crippen LogP contribution in [0.15, 0.2) is 87.4 Å². The molecule has 0 saturated carbocycles. The van der Waals surface area contributed by atoms with Crippen molar-refractivity contribution in [3.8, 4) is 5.75 Å². The summed E-state index contributed by atoms with van der Waals surface area (Å²) in [7, 11) is -4.65. The molecule has 4 aromatic rings. The highest BCUT2D eigenvalue weighted by Gasteiger charge is 2.26. The van der Waals surface area contributed by atoms with Gasteiger partial charge in [-0.05, 0) is 28.5 Å². The van der Waals surface area contributed by atoms with Crippen molar-refractivity contribution in [1.82, 2.24) is 4.57 Å². The quantitative estimate of drug-likeness (QED) is 0.426. The minimum atomic E-state index is -4.65. The molecular weight excluding hydrogens is 428 g/mol. The molecule has 2 aromatic heterocycles. The SMILES string of the molecule is O=c1cc(Cn2cc3ccccc3c2)occ1OCc1ccc(S(=O)(=O)C(F)F)cc1. The monoisotopic (exact) mass is 445 g/mol. The van der Waals surface area contributed by atoms with Gasteiger partial charge in [0.25, 0.3) is 0 Å². The molecule has 0 aliphatic rings. The van der Waals surface area contributed by atoms with E-state index in [1.165, 1.54) is 24.5 Å². The first-order chi connectivity index (χ1) is 14.8. The standard InChI is InChI=1S/C22H17F2NO5S/c23-22(24)31(27,28)19-7-5-15(6-8-19)13-30-21-14-29-18(9-20(21)26)12-25-10-16-3-1-2-4-17(16)11-25/h1-11,14,22H,12-13H2. The number of halogens is 2. The third kappa shape index (κ3) is 4.51. The number of rotatable bonds is 7. The molecule has 0 fully saturated rings. The molecule has 9 heteroatoms. The van der Waals surface area contributed by atoms with E-state index in [0.717, 1.165) is 22.9 Å². The van der Waals surface area contributed by atoms with E-state index in [9.17, 15) is 22.0 Å². The highest BCUT2D eigenvalue weighted by Crippen LogP contribution is 2.20. The minimum Gasteiger partial charge on any atom is -0.482 e. The summed E-state index contributed by atoms with van der Waals surface area (Å²) in [6.07, 6.45) is 5.13. The second-order valence-electron chi connectivity index (χ2n) is 6.87. The maximum absolute atomic E-state index is 12.6. The van der Waals surface area contributed by atoms with Crippen LogP contribution in [0.25, 0.3) is 10.8 Å². The van der Waals surface area contributed by atoms with E-state index in [1.54, 1.807) is 0 Å². The van der Waals surface area contributed by atoms with Gasteiger partial charge in [0.05, 0.1) is 11.4 Å². The number of benzene rings is 2. The van der Waals surface area contributed by atoms with Crippen molar-refractivity contribution in [2.24, 2.45) is 0 Å². The summed E-state index contributed by atoms with van der Waals surface area (Å²) >= 11 is 0. The number of hydrogen-bond donors (Lipinski definition) is 0. The summed E-state index contributed by atoms with van der Waals surface area (Å²) in [4.78, 5) is 11.8. The Hall–Kier alpha value is -3.46. The molecule has 6 nitrogen and oxygen atoms in total. The molecule has 0 atom stereocenters. The van der Waals surface area contributed by atoms with Gasteiger partial charge < -0.3 is 13.7 Å². The number of nitrogens with zero attached hydrogens (tertiary/aromatic N) is 1. The predicted molar refractivity (Wildman–Crippen MR) is 110 cm³/mol.